The highest BCUT2D eigenvalue weighted by molar-refractivity contribution is 7.89. The van der Waals surface area contributed by atoms with Gasteiger partial charge in [-0.2, -0.15) is 4.72 Å². The minimum absolute atomic E-state index is 0.0175. The fourth-order valence-corrected chi connectivity index (χ4v) is 7.82. The molecule has 1 N–H and O–H groups in total. The van der Waals surface area contributed by atoms with Crippen molar-refractivity contribution in [3.8, 4) is 0 Å². The van der Waals surface area contributed by atoms with Gasteiger partial charge < -0.3 is 14.5 Å². The van der Waals surface area contributed by atoms with Crippen molar-refractivity contribution < 1.29 is 22.7 Å². The molecule has 9 nitrogen and oxygen atoms in total. The molecule has 2 atom stereocenters. The van der Waals surface area contributed by atoms with Crippen LogP contribution in [0.1, 0.15) is 25.7 Å². The molecule has 1 aromatic carbocycles. The minimum atomic E-state index is -3.91. The first-order valence-electron chi connectivity index (χ1n) is 12.4. The van der Waals surface area contributed by atoms with Gasteiger partial charge in [0.1, 0.15) is 6.04 Å². The van der Waals surface area contributed by atoms with Crippen LogP contribution in [-0.2, 0) is 24.3 Å². The van der Waals surface area contributed by atoms with Crippen LogP contribution in [0.15, 0.2) is 29.2 Å². The van der Waals surface area contributed by atoms with Crippen LogP contribution in [0, 0.1) is 0 Å². The number of sulfonamides is 1. The molecule has 2 aromatic rings. The second-order valence-corrected chi connectivity index (χ2v) is 13.1. The molecule has 0 spiro atoms. The quantitative estimate of drug-likeness (QED) is 0.563. The number of nitrogens with zero attached hydrogens (tertiary/aromatic N) is 3. The van der Waals surface area contributed by atoms with E-state index in [1.807, 2.05) is 4.90 Å². The average Bonchev–Trinajstić information content (AvgIpc) is 3.47. The van der Waals surface area contributed by atoms with Gasteiger partial charge in [-0.1, -0.05) is 17.7 Å². The molecule has 196 valence electrons. The summed E-state index contributed by atoms with van der Waals surface area (Å²) in [5.41, 5.74) is 0. The SMILES string of the molecule is O=C1[C@@H](NS(=O)(=O)c2ccc3cc(Cl)sc3c2)CCCN1CC(=O)N1CCC[C@H]1CN1CCOCC1. The first-order chi connectivity index (χ1) is 17.3. The van der Waals surface area contributed by atoms with Crippen molar-refractivity contribution in [2.75, 3.05) is 52.5 Å². The molecular formula is C24H31ClN4O5S2. The third-order valence-electron chi connectivity index (χ3n) is 7.20. The highest BCUT2D eigenvalue weighted by atomic mass is 35.5. The molecule has 0 saturated carbocycles. The number of carbonyl (C=O) groups excluding carboxylic acids is 2. The first kappa shape index (κ1) is 25.9. The zero-order valence-electron chi connectivity index (χ0n) is 20.0. The number of amides is 2. The van der Waals surface area contributed by atoms with Gasteiger partial charge in [0.05, 0.1) is 29.0 Å². The van der Waals surface area contributed by atoms with E-state index in [-0.39, 0.29) is 29.3 Å². The maximum absolute atomic E-state index is 13.2. The Bertz CT molecular complexity index is 1230. The standard InChI is InChI=1S/C24H31ClN4O5S2/c25-22-13-17-5-6-19(14-21(17)35-22)36(32,33)26-20-4-2-7-28(24(20)31)16-23(30)29-8-1-3-18(29)15-27-9-11-34-12-10-27/h5-6,13-14,18,20,26H,1-4,7-12,15-16H2/t18-,20-/m0/s1. The molecule has 1 aromatic heterocycles. The van der Waals surface area contributed by atoms with Gasteiger partial charge in [0.25, 0.3) is 0 Å². The van der Waals surface area contributed by atoms with E-state index >= 15 is 0 Å². The van der Waals surface area contributed by atoms with Crippen LogP contribution < -0.4 is 4.72 Å². The lowest BCUT2D eigenvalue weighted by molar-refractivity contribution is -0.143. The number of rotatable bonds is 7. The summed E-state index contributed by atoms with van der Waals surface area (Å²) in [6, 6.07) is 5.85. The molecule has 4 heterocycles. The number of likely N-dealkylation sites (tertiary alicyclic amines) is 2. The van der Waals surface area contributed by atoms with Gasteiger partial charge in [-0.05, 0) is 49.3 Å². The summed E-state index contributed by atoms with van der Waals surface area (Å²) in [7, 11) is -3.91. The zero-order valence-corrected chi connectivity index (χ0v) is 22.4. The molecule has 2 amide bonds. The lowest BCUT2D eigenvalue weighted by Crippen LogP contribution is -2.55. The Morgan fingerprint density at radius 1 is 1.11 bits per heavy atom. The van der Waals surface area contributed by atoms with Crippen molar-refractivity contribution in [2.24, 2.45) is 0 Å². The average molecular weight is 555 g/mol. The molecule has 0 radical (unpaired) electrons. The van der Waals surface area contributed by atoms with E-state index in [9.17, 15) is 18.0 Å². The third kappa shape index (κ3) is 5.71. The topological polar surface area (TPSA) is 99.3 Å². The van der Waals surface area contributed by atoms with Gasteiger partial charge in [-0.3, -0.25) is 14.5 Å². The molecule has 0 bridgehead atoms. The Labute approximate surface area is 220 Å². The summed E-state index contributed by atoms with van der Waals surface area (Å²) in [5, 5.41) is 0.871. The minimum Gasteiger partial charge on any atom is -0.379 e. The summed E-state index contributed by atoms with van der Waals surface area (Å²) in [5.74, 6) is -0.412. The third-order valence-corrected chi connectivity index (χ3v) is 9.89. The summed E-state index contributed by atoms with van der Waals surface area (Å²) in [6.07, 6.45) is 2.94. The lowest BCUT2D eigenvalue weighted by Gasteiger charge is -2.36. The van der Waals surface area contributed by atoms with Crippen LogP contribution in [0.2, 0.25) is 4.34 Å². The van der Waals surface area contributed by atoms with Gasteiger partial charge in [0, 0.05) is 43.5 Å². The summed E-state index contributed by atoms with van der Waals surface area (Å²) < 4.78 is 35.5. The van der Waals surface area contributed by atoms with E-state index in [1.165, 1.54) is 22.3 Å². The first-order valence-corrected chi connectivity index (χ1v) is 15.1. The Morgan fingerprint density at radius 3 is 2.69 bits per heavy atom. The van der Waals surface area contributed by atoms with Gasteiger partial charge >= 0.3 is 0 Å². The molecule has 3 aliphatic rings. The Kier molecular flexibility index (Phi) is 7.85. The van der Waals surface area contributed by atoms with Crippen LogP contribution in [0.25, 0.3) is 10.1 Å². The number of carbonyl (C=O) groups is 2. The fraction of sp³-hybridized carbons (Fsp3) is 0.583. The number of fused-ring (bicyclic) bond motifs is 1. The van der Waals surface area contributed by atoms with Crippen LogP contribution in [0.4, 0.5) is 0 Å². The van der Waals surface area contributed by atoms with Gasteiger partial charge in [0.2, 0.25) is 21.8 Å². The number of ether oxygens (including phenoxy) is 1. The maximum atomic E-state index is 13.2. The number of hydrogen-bond donors (Lipinski definition) is 1. The maximum Gasteiger partial charge on any atom is 0.242 e. The molecule has 0 unspecified atom stereocenters. The Morgan fingerprint density at radius 2 is 1.89 bits per heavy atom. The fourth-order valence-electron chi connectivity index (χ4n) is 5.30. The lowest BCUT2D eigenvalue weighted by atomic mass is 10.1. The summed E-state index contributed by atoms with van der Waals surface area (Å²) in [6.45, 7) is 5.13. The number of thiophene rings is 1. The number of nitrogens with one attached hydrogen (secondary N) is 1. The molecule has 36 heavy (non-hydrogen) atoms. The molecule has 12 heteroatoms. The van der Waals surface area contributed by atoms with Crippen molar-refractivity contribution >= 4 is 54.9 Å². The van der Waals surface area contributed by atoms with Gasteiger partial charge in [-0.15, -0.1) is 11.3 Å². The van der Waals surface area contributed by atoms with E-state index in [0.717, 1.165) is 55.8 Å². The molecule has 3 saturated heterocycles. The van der Waals surface area contributed by atoms with E-state index in [1.54, 1.807) is 18.2 Å². The van der Waals surface area contributed by atoms with Crippen LogP contribution in [0.3, 0.4) is 0 Å². The highest BCUT2D eigenvalue weighted by Gasteiger charge is 2.36. The van der Waals surface area contributed by atoms with Crippen LogP contribution in [-0.4, -0.2) is 99.5 Å². The predicted molar refractivity (Wildman–Crippen MR) is 139 cm³/mol. The monoisotopic (exact) mass is 554 g/mol. The summed E-state index contributed by atoms with van der Waals surface area (Å²) >= 11 is 7.36. The second-order valence-electron chi connectivity index (χ2n) is 9.62. The van der Waals surface area contributed by atoms with Crippen molar-refractivity contribution in [1.29, 1.82) is 0 Å². The molecular weight excluding hydrogens is 524 g/mol. The number of hydrogen-bond acceptors (Lipinski definition) is 7. The smallest absolute Gasteiger partial charge is 0.242 e. The van der Waals surface area contributed by atoms with E-state index in [2.05, 4.69) is 9.62 Å². The van der Waals surface area contributed by atoms with Crippen molar-refractivity contribution in [3.63, 3.8) is 0 Å². The second kappa shape index (κ2) is 10.9. The summed E-state index contributed by atoms with van der Waals surface area (Å²) in [4.78, 5) is 32.2. The molecule has 3 aliphatic heterocycles. The van der Waals surface area contributed by atoms with Gasteiger partial charge in [0.15, 0.2) is 0 Å². The van der Waals surface area contributed by atoms with Gasteiger partial charge in [-0.25, -0.2) is 8.42 Å². The van der Waals surface area contributed by atoms with Crippen molar-refractivity contribution in [1.82, 2.24) is 19.4 Å². The van der Waals surface area contributed by atoms with E-state index < -0.39 is 16.1 Å². The van der Waals surface area contributed by atoms with Crippen LogP contribution in [0.5, 0.6) is 0 Å². The number of halogens is 1. The Balaban J connectivity index is 1.21. The molecule has 5 rings (SSSR count). The predicted octanol–water partition coefficient (Wildman–Crippen LogP) is 2.15. The largest absolute Gasteiger partial charge is 0.379 e. The zero-order chi connectivity index (χ0) is 25.3. The Hall–Kier alpha value is -1.76. The van der Waals surface area contributed by atoms with E-state index in [0.29, 0.717) is 30.3 Å². The number of piperidine rings is 1. The highest BCUT2D eigenvalue weighted by Crippen LogP contribution is 2.31. The number of morpholine rings is 1. The van der Waals surface area contributed by atoms with Crippen LogP contribution >= 0.6 is 22.9 Å². The van der Waals surface area contributed by atoms with E-state index in [4.69, 9.17) is 16.3 Å². The number of benzene rings is 1. The molecule has 3 fully saturated rings. The van der Waals surface area contributed by atoms with Crippen molar-refractivity contribution in [2.45, 2.75) is 42.7 Å². The normalized spacial score (nSPS) is 24.1. The molecule has 0 aliphatic carbocycles. The van der Waals surface area contributed by atoms with Crippen molar-refractivity contribution in [3.05, 3.63) is 28.6 Å².